The van der Waals surface area contributed by atoms with Crippen LogP contribution in [-0.2, 0) is 17.2 Å². The van der Waals surface area contributed by atoms with E-state index >= 15 is 0 Å². The van der Waals surface area contributed by atoms with Crippen molar-refractivity contribution in [1.29, 1.82) is 0 Å². The molecule has 1 atom stereocenters. The molecule has 19 heavy (non-hydrogen) atoms. The second-order valence-corrected chi connectivity index (χ2v) is 4.59. The number of ether oxygens (including phenoxy) is 1. The molecule has 0 aliphatic heterocycles. The van der Waals surface area contributed by atoms with Crippen molar-refractivity contribution in [2.75, 3.05) is 7.11 Å². The zero-order valence-electron chi connectivity index (χ0n) is 10.8. The molecule has 0 aliphatic carbocycles. The number of halogens is 1. The number of methoxy groups -OCH3 is 1. The van der Waals surface area contributed by atoms with Crippen molar-refractivity contribution < 1.29 is 14.6 Å². The number of aromatic nitrogens is 2. The predicted molar refractivity (Wildman–Crippen MR) is 72.7 cm³/mol. The first kappa shape index (κ1) is 13.8. The summed E-state index contributed by atoms with van der Waals surface area (Å²) in [5.41, 5.74) is 1.74. The van der Waals surface area contributed by atoms with Crippen LogP contribution in [0.5, 0.6) is 0 Å². The van der Waals surface area contributed by atoms with Crippen molar-refractivity contribution >= 4 is 28.6 Å². The van der Waals surface area contributed by atoms with Gasteiger partial charge >= 0.3 is 5.97 Å². The number of hydrogen-bond donors (Lipinski definition) is 1. The second-order valence-electron chi connectivity index (χ2n) is 4.33. The van der Waals surface area contributed by atoms with E-state index in [-0.39, 0.29) is 17.5 Å². The number of nitrogens with zero attached hydrogens (tertiary/aromatic N) is 2. The first-order chi connectivity index (χ1) is 9.06. The maximum Gasteiger partial charge on any atom is 0.335 e. The molecule has 0 amide bonds. The summed E-state index contributed by atoms with van der Waals surface area (Å²) in [4.78, 5) is 15.4. The molecule has 5 nitrogen and oxygen atoms in total. The highest BCUT2D eigenvalue weighted by molar-refractivity contribution is 6.16. The van der Waals surface area contributed by atoms with Crippen LogP contribution in [0.25, 0.3) is 11.0 Å². The molecule has 0 saturated carbocycles. The quantitative estimate of drug-likeness (QED) is 0.856. The second kappa shape index (κ2) is 5.59. The molecule has 0 radical (unpaired) electrons. The summed E-state index contributed by atoms with van der Waals surface area (Å²) in [6, 6.07) is 4.85. The van der Waals surface area contributed by atoms with Gasteiger partial charge in [-0.15, -0.1) is 11.6 Å². The highest BCUT2D eigenvalue weighted by atomic mass is 35.5. The van der Waals surface area contributed by atoms with Crippen LogP contribution in [0.15, 0.2) is 18.2 Å². The molecule has 0 spiro atoms. The maximum absolute atomic E-state index is 11.0. The number of benzene rings is 1. The third kappa shape index (κ3) is 2.72. The molecule has 102 valence electrons. The molecule has 2 aromatic rings. The molecule has 6 heteroatoms. The van der Waals surface area contributed by atoms with Gasteiger partial charge < -0.3 is 14.4 Å². The monoisotopic (exact) mass is 282 g/mol. The van der Waals surface area contributed by atoms with Crippen LogP contribution in [0.2, 0.25) is 0 Å². The lowest BCUT2D eigenvalue weighted by atomic mass is 10.2. The lowest BCUT2D eigenvalue weighted by Crippen LogP contribution is -2.16. The topological polar surface area (TPSA) is 64.4 Å². The SMILES string of the molecule is CO[C@H](C)Cn1c(CCl)nc2ccc(C(=O)O)cc21. The van der Waals surface area contributed by atoms with Gasteiger partial charge in [-0.3, -0.25) is 0 Å². The Morgan fingerprint density at radius 3 is 2.89 bits per heavy atom. The molecule has 0 unspecified atom stereocenters. The van der Waals surface area contributed by atoms with Gasteiger partial charge in [0.05, 0.1) is 35.1 Å². The largest absolute Gasteiger partial charge is 0.478 e. The minimum Gasteiger partial charge on any atom is -0.478 e. The maximum atomic E-state index is 11.0. The number of carboxylic acids is 1. The molecule has 1 aromatic heterocycles. The van der Waals surface area contributed by atoms with Crippen molar-refractivity contribution in [2.45, 2.75) is 25.5 Å². The van der Waals surface area contributed by atoms with Crippen LogP contribution in [0.1, 0.15) is 23.1 Å². The predicted octanol–water partition coefficient (Wildman–Crippen LogP) is 2.51. The van der Waals surface area contributed by atoms with E-state index in [1.165, 1.54) is 0 Å². The third-order valence-electron chi connectivity index (χ3n) is 3.04. The number of aromatic carboxylic acids is 1. The van der Waals surface area contributed by atoms with Gasteiger partial charge in [0.25, 0.3) is 0 Å². The lowest BCUT2D eigenvalue weighted by molar-refractivity contribution is 0.0697. The summed E-state index contributed by atoms with van der Waals surface area (Å²) in [5, 5.41) is 9.05. The van der Waals surface area contributed by atoms with E-state index in [1.807, 2.05) is 11.5 Å². The highest BCUT2D eigenvalue weighted by Gasteiger charge is 2.14. The van der Waals surface area contributed by atoms with Gasteiger partial charge in [0, 0.05) is 7.11 Å². The van der Waals surface area contributed by atoms with Gasteiger partial charge in [-0.05, 0) is 25.1 Å². The van der Waals surface area contributed by atoms with E-state index in [0.717, 1.165) is 11.0 Å². The molecule has 1 heterocycles. The summed E-state index contributed by atoms with van der Waals surface area (Å²) >= 11 is 5.89. The Kier molecular flexibility index (Phi) is 4.07. The van der Waals surface area contributed by atoms with E-state index < -0.39 is 5.97 Å². The summed E-state index contributed by atoms with van der Waals surface area (Å²) < 4.78 is 7.15. The molecule has 1 aromatic carbocycles. The molecular formula is C13H15ClN2O3. The van der Waals surface area contributed by atoms with E-state index in [4.69, 9.17) is 21.4 Å². The minimum atomic E-state index is -0.957. The fourth-order valence-electron chi connectivity index (χ4n) is 1.94. The molecular weight excluding hydrogens is 268 g/mol. The van der Waals surface area contributed by atoms with Gasteiger partial charge in [-0.1, -0.05) is 0 Å². The van der Waals surface area contributed by atoms with Crippen LogP contribution in [0.4, 0.5) is 0 Å². The molecule has 1 N–H and O–H groups in total. The van der Waals surface area contributed by atoms with Gasteiger partial charge in [-0.25, -0.2) is 9.78 Å². The minimum absolute atomic E-state index is 0.00662. The Balaban J connectivity index is 2.56. The Morgan fingerprint density at radius 2 is 2.32 bits per heavy atom. The molecule has 2 rings (SSSR count). The van der Waals surface area contributed by atoms with Gasteiger partial charge in [0.1, 0.15) is 5.82 Å². The van der Waals surface area contributed by atoms with Crippen molar-refractivity contribution in [1.82, 2.24) is 9.55 Å². The van der Waals surface area contributed by atoms with Gasteiger partial charge in [0.2, 0.25) is 0 Å². The van der Waals surface area contributed by atoms with E-state index in [9.17, 15) is 4.79 Å². The Morgan fingerprint density at radius 1 is 1.58 bits per heavy atom. The van der Waals surface area contributed by atoms with Crippen molar-refractivity contribution in [2.24, 2.45) is 0 Å². The Bertz CT molecular complexity index is 609. The van der Waals surface area contributed by atoms with Crippen molar-refractivity contribution in [3.63, 3.8) is 0 Å². The first-order valence-electron chi connectivity index (χ1n) is 5.88. The highest BCUT2D eigenvalue weighted by Crippen LogP contribution is 2.20. The zero-order valence-corrected chi connectivity index (χ0v) is 11.5. The molecule has 0 saturated heterocycles. The lowest BCUT2D eigenvalue weighted by Gasteiger charge is -2.13. The summed E-state index contributed by atoms with van der Waals surface area (Å²) in [6.45, 7) is 2.52. The first-order valence-corrected chi connectivity index (χ1v) is 6.41. The summed E-state index contributed by atoms with van der Waals surface area (Å²) in [5.74, 6) is 0.0259. The van der Waals surface area contributed by atoms with E-state index in [0.29, 0.717) is 12.4 Å². The third-order valence-corrected chi connectivity index (χ3v) is 3.27. The average Bonchev–Trinajstić information content (AvgIpc) is 2.75. The molecule has 0 aliphatic rings. The average molecular weight is 283 g/mol. The standard InChI is InChI=1S/C13H15ClN2O3/c1-8(19-2)7-16-11-5-9(13(17)18)3-4-10(11)15-12(16)6-14/h3-5,8H,6-7H2,1-2H3,(H,17,18)/t8-/m1/s1. The van der Waals surface area contributed by atoms with Crippen LogP contribution in [0, 0.1) is 0 Å². The fraction of sp³-hybridized carbons (Fsp3) is 0.385. The number of alkyl halides is 1. The Hall–Kier alpha value is -1.59. The smallest absolute Gasteiger partial charge is 0.335 e. The number of carbonyl (C=O) groups is 1. The zero-order chi connectivity index (χ0) is 14.0. The van der Waals surface area contributed by atoms with Gasteiger partial charge in [0.15, 0.2) is 0 Å². The number of rotatable bonds is 5. The molecule has 0 fully saturated rings. The van der Waals surface area contributed by atoms with Crippen LogP contribution < -0.4 is 0 Å². The Labute approximate surface area is 115 Å². The van der Waals surface area contributed by atoms with Crippen LogP contribution in [-0.4, -0.2) is 33.8 Å². The normalized spacial score (nSPS) is 12.8. The van der Waals surface area contributed by atoms with Gasteiger partial charge in [-0.2, -0.15) is 0 Å². The number of carboxylic acid groups (broad SMARTS) is 1. The number of hydrogen-bond acceptors (Lipinski definition) is 3. The van der Waals surface area contributed by atoms with E-state index in [1.54, 1.807) is 25.3 Å². The summed E-state index contributed by atoms with van der Waals surface area (Å²) in [6.07, 6.45) is -0.00662. The van der Waals surface area contributed by atoms with Crippen LogP contribution >= 0.6 is 11.6 Å². The number of fused-ring (bicyclic) bond motifs is 1. The summed E-state index contributed by atoms with van der Waals surface area (Å²) in [7, 11) is 1.63. The van der Waals surface area contributed by atoms with Crippen LogP contribution in [0.3, 0.4) is 0 Å². The van der Waals surface area contributed by atoms with Crippen molar-refractivity contribution in [3.05, 3.63) is 29.6 Å². The fourth-order valence-corrected chi connectivity index (χ4v) is 2.15. The van der Waals surface area contributed by atoms with Crippen molar-refractivity contribution in [3.8, 4) is 0 Å². The molecule has 0 bridgehead atoms. The van der Waals surface area contributed by atoms with E-state index in [2.05, 4.69) is 4.98 Å². The number of imidazole rings is 1.